The lowest BCUT2D eigenvalue weighted by Gasteiger charge is -2.34. The molecule has 1 aliphatic rings. The molecule has 1 aromatic carbocycles. The second-order valence-electron chi connectivity index (χ2n) is 6.34. The van der Waals surface area contributed by atoms with E-state index in [1.54, 1.807) is 6.92 Å². The van der Waals surface area contributed by atoms with Crippen LogP contribution in [0.2, 0.25) is 0 Å². The molecule has 0 unspecified atom stereocenters. The van der Waals surface area contributed by atoms with Gasteiger partial charge in [0.05, 0.1) is 17.1 Å². The van der Waals surface area contributed by atoms with Crippen LogP contribution in [0.15, 0.2) is 29.2 Å². The summed E-state index contributed by atoms with van der Waals surface area (Å²) in [6.07, 6.45) is 0. The number of carbonyl (C=O) groups excluding carboxylic acids is 1. The number of sulfonamides is 1. The Morgan fingerprint density at radius 3 is 2.21 bits per heavy atom. The Kier molecular flexibility index (Phi) is 6.37. The van der Waals surface area contributed by atoms with Crippen LogP contribution >= 0.6 is 0 Å². The van der Waals surface area contributed by atoms with Gasteiger partial charge in [0.25, 0.3) is 0 Å². The van der Waals surface area contributed by atoms with Crippen LogP contribution in [0.3, 0.4) is 0 Å². The van der Waals surface area contributed by atoms with Crippen molar-refractivity contribution in [3.05, 3.63) is 29.8 Å². The number of carbonyl (C=O) groups is 1. The topological polar surface area (TPSA) is 66.9 Å². The van der Waals surface area contributed by atoms with Crippen molar-refractivity contribution in [2.24, 2.45) is 5.92 Å². The molecule has 0 bridgehead atoms. The molecule has 134 valence electrons. The summed E-state index contributed by atoms with van der Waals surface area (Å²) in [7, 11) is -3.51. The fourth-order valence-electron chi connectivity index (χ4n) is 2.80. The van der Waals surface area contributed by atoms with Gasteiger partial charge in [-0.25, -0.2) is 13.2 Å². The van der Waals surface area contributed by atoms with Gasteiger partial charge in [0.15, 0.2) is 0 Å². The van der Waals surface area contributed by atoms with Gasteiger partial charge in [-0.15, -0.1) is 0 Å². The van der Waals surface area contributed by atoms with Gasteiger partial charge < -0.3 is 9.64 Å². The minimum Gasteiger partial charge on any atom is -0.462 e. The highest BCUT2D eigenvalue weighted by atomic mass is 32.2. The van der Waals surface area contributed by atoms with E-state index in [1.165, 1.54) is 28.6 Å². The van der Waals surface area contributed by atoms with E-state index >= 15 is 0 Å². The Morgan fingerprint density at radius 1 is 1.12 bits per heavy atom. The van der Waals surface area contributed by atoms with E-state index in [0.717, 1.165) is 19.6 Å². The minimum atomic E-state index is -3.51. The Balaban J connectivity index is 2.04. The SMILES string of the molecule is CCOC(=O)c1ccc(S(=O)(=O)N2CCN(CC(C)C)CC2)cc1. The molecule has 0 aromatic heterocycles. The van der Waals surface area contributed by atoms with E-state index < -0.39 is 16.0 Å². The molecule has 1 saturated heterocycles. The molecule has 0 amide bonds. The van der Waals surface area contributed by atoms with Gasteiger partial charge >= 0.3 is 5.97 Å². The largest absolute Gasteiger partial charge is 0.462 e. The third kappa shape index (κ3) is 4.55. The minimum absolute atomic E-state index is 0.216. The van der Waals surface area contributed by atoms with Gasteiger partial charge in [0.2, 0.25) is 10.0 Å². The molecule has 0 atom stereocenters. The fourth-order valence-corrected chi connectivity index (χ4v) is 4.22. The summed E-state index contributed by atoms with van der Waals surface area (Å²) < 4.78 is 31.9. The number of ether oxygens (including phenoxy) is 1. The van der Waals surface area contributed by atoms with Crippen molar-refractivity contribution in [1.82, 2.24) is 9.21 Å². The molecule has 0 aliphatic carbocycles. The van der Waals surface area contributed by atoms with E-state index in [4.69, 9.17) is 4.74 Å². The maximum atomic E-state index is 12.7. The summed E-state index contributed by atoms with van der Waals surface area (Å²) in [5.41, 5.74) is 0.359. The summed E-state index contributed by atoms with van der Waals surface area (Å²) in [6, 6.07) is 5.95. The second kappa shape index (κ2) is 8.09. The Hall–Kier alpha value is -1.44. The van der Waals surface area contributed by atoms with Crippen molar-refractivity contribution < 1.29 is 17.9 Å². The lowest BCUT2D eigenvalue weighted by Crippen LogP contribution is -2.49. The van der Waals surface area contributed by atoms with Gasteiger partial charge in [-0.2, -0.15) is 4.31 Å². The first-order valence-electron chi connectivity index (χ1n) is 8.34. The quantitative estimate of drug-likeness (QED) is 0.729. The summed E-state index contributed by atoms with van der Waals surface area (Å²) in [5, 5.41) is 0. The smallest absolute Gasteiger partial charge is 0.338 e. The van der Waals surface area contributed by atoms with Crippen molar-refractivity contribution in [2.75, 3.05) is 39.3 Å². The van der Waals surface area contributed by atoms with Crippen LogP contribution < -0.4 is 0 Å². The second-order valence-corrected chi connectivity index (χ2v) is 8.28. The van der Waals surface area contributed by atoms with Gasteiger partial charge in [0, 0.05) is 32.7 Å². The maximum absolute atomic E-state index is 12.7. The molecule has 1 heterocycles. The highest BCUT2D eigenvalue weighted by Gasteiger charge is 2.28. The molecule has 2 rings (SSSR count). The van der Waals surface area contributed by atoms with E-state index in [9.17, 15) is 13.2 Å². The van der Waals surface area contributed by atoms with Crippen molar-refractivity contribution in [2.45, 2.75) is 25.7 Å². The normalized spacial score (nSPS) is 17.2. The molecule has 0 saturated carbocycles. The first-order chi connectivity index (χ1) is 11.3. The highest BCUT2D eigenvalue weighted by molar-refractivity contribution is 7.89. The number of rotatable bonds is 6. The summed E-state index contributed by atoms with van der Waals surface area (Å²) in [5.74, 6) is 0.132. The van der Waals surface area contributed by atoms with Crippen LogP contribution in [-0.2, 0) is 14.8 Å². The van der Waals surface area contributed by atoms with Crippen LogP contribution in [0, 0.1) is 5.92 Å². The zero-order valence-electron chi connectivity index (χ0n) is 14.6. The molecule has 1 fully saturated rings. The average molecular weight is 354 g/mol. The van der Waals surface area contributed by atoms with Crippen molar-refractivity contribution in [3.8, 4) is 0 Å². The molecule has 1 aliphatic heterocycles. The van der Waals surface area contributed by atoms with E-state index in [1.807, 2.05) is 0 Å². The van der Waals surface area contributed by atoms with Crippen molar-refractivity contribution in [3.63, 3.8) is 0 Å². The third-order valence-corrected chi connectivity index (χ3v) is 5.87. The molecule has 6 nitrogen and oxygen atoms in total. The molecule has 0 radical (unpaired) electrons. The molecule has 0 spiro atoms. The standard InChI is InChI=1S/C17H26N2O4S/c1-4-23-17(20)15-5-7-16(8-6-15)24(21,22)19-11-9-18(10-12-19)13-14(2)3/h5-8,14H,4,9-13H2,1-3H3. The van der Waals surface area contributed by atoms with E-state index in [2.05, 4.69) is 18.7 Å². The predicted octanol–water partition coefficient (Wildman–Crippen LogP) is 1.83. The van der Waals surface area contributed by atoms with Gasteiger partial charge in [-0.05, 0) is 37.1 Å². The Labute approximate surface area is 144 Å². The number of esters is 1. The van der Waals surface area contributed by atoms with Crippen LogP contribution in [0.25, 0.3) is 0 Å². The molecule has 24 heavy (non-hydrogen) atoms. The maximum Gasteiger partial charge on any atom is 0.338 e. The van der Waals surface area contributed by atoms with Gasteiger partial charge in [0.1, 0.15) is 0 Å². The van der Waals surface area contributed by atoms with E-state index in [-0.39, 0.29) is 4.90 Å². The first kappa shape index (κ1) is 18.9. The average Bonchev–Trinajstić information content (AvgIpc) is 2.55. The van der Waals surface area contributed by atoms with Crippen LogP contribution in [-0.4, -0.2) is 62.9 Å². The number of piperazine rings is 1. The molecule has 7 heteroatoms. The lowest BCUT2D eigenvalue weighted by molar-refractivity contribution is 0.0526. The first-order valence-corrected chi connectivity index (χ1v) is 9.78. The third-order valence-electron chi connectivity index (χ3n) is 3.96. The molecular formula is C17H26N2O4S. The number of nitrogens with zero attached hydrogens (tertiary/aromatic N) is 2. The molecule has 0 N–H and O–H groups in total. The zero-order chi connectivity index (χ0) is 17.7. The van der Waals surface area contributed by atoms with Gasteiger partial charge in [-0.1, -0.05) is 13.8 Å². The Morgan fingerprint density at radius 2 is 1.71 bits per heavy atom. The Bertz CT molecular complexity index is 648. The molecule has 1 aromatic rings. The van der Waals surface area contributed by atoms with E-state index in [0.29, 0.717) is 31.2 Å². The van der Waals surface area contributed by atoms with Crippen molar-refractivity contribution in [1.29, 1.82) is 0 Å². The van der Waals surface area contributed by atoms with Crippen LogP contribution in [0.4, 0.5) is 0 Å². The number of hydrogen-bond donors (Lipinski definition) is 0. The lowest BCUT2D eigenvalue weighted by atomic mass is 10.2. The summed E-state index contributed by atoms with van der Waals surface area (Å²) >= 11 is 0. The molecular weight excluding hydrogens is 328 g/mol. The van der Waals surface area contributed by atoms with Gasteiger partial charge in [-0.3, -0.25) is 0 Å². The van der Waals surface area contributed by atoms with Crippen LogP contribution in [0.5, 0.6) is 0 Å². The number of benzene rings is 1. The van der Waals surface area contributed by atoms with Crippen molar-refractivity contribution >= 4 is 16.0 Å². The summed E-state index contributed by atoms with van der Waals surface area (Å²) in [4.78, 5) is 14.2. The van der Waals surface area contributed by atoms with Crippen LogP contribution in [0.1, 0.15) is 31.1 Å². The zero-order valence-corrected chi connectivity index (χ0v) is 15.4. The predicted molar refractivity (Wildman–Crippen MR) is 92.4 cm³/mol. The highest BCUT2D eigenvalue weighted by Crippen LogP contribution is 2.19. The summed E-state index contributed by atoms with van der Waals surface area (Å²) in [6.45, 7) is 9.82. The monoisotopic (exact) mass is 354 g/mol. The fraction of sp³-hybridized carbons (Fsp3) is 0.588. The number of hydrogen-bond acceptors (Lipinski definition) is 5.